The zero-order valence-corrected chi connectivity index (χ0v) is 20.3. The van der Waals surface area contributed by atoms with Gasteiger partial charge >= 0.3 is 0 Å². The van der Waals surface area contributed by atoms with Crippen LogP contribution in [0, 0.1) is 23.2 Å². The molecule has 9 heteroatoms. The Balaban J connectivity index is 1.37. The van der Waals surface area contributed by atoms with Crippen LogP contribution < -0.4 is 15.8 Å². The number of primary amides is 1. The van der Waals surface area contributed by atoms with Crippen molar-refractivity contribution in [3.8, 4) is 5.88 Å². The first-order valence-corrected chi connectivity index (χ1v) is 12.6. The van der Waals surface area contributed by atoms with Gasteiger partial charge in [-0.15, -0.1) is 0 Å². The number of carbonyl (C=O) groups is 2. The lowest BCUT2D eigenvalue weighted by molar-refractivity contribution is -0.137. The van der Waals surface area contributed by atoms with E-state index in [1.54, 1.807) is 13.8 Å². The molecule has 2 atom stereocenters. The molecule has 0 radical (unpaired) electrons. The van der Waals surface area contributed by atoms with E-state index in [1.165, 1.54) is 11.8 Å². The second-order valence-corrected chi connectivity index (χ2v) is 11.9. The van der Waals surface area contributed by atoms with E-state index in [4.69, 9.17) is 15.0 Å². The summed E-state index contributed by atoms with van der Waals surface area (Å²) in [5.74, 6) is 0.537. The highest BCUT2D eigenvalue weighted by Crippen LogP contribution is 2.55. The van der Waals surface area contributed by atoms with Crippen molar-refractivity contribution in [3.63, 3.8) is 0 Å². The number of aliphatic hydroxyl groups is 1. The van der Waals surface area contributed by atoms with Gasteiger partial charge in [0.2, 0.25) is 11.7 Å². The molecule has 4 fully saturated rings. The monoisotopic (exact) mass is 485 g/mol. The van der Waals surface area contributed by atoms with Crippen LogP contribution in [0.1, 0.15) is 56.5 Å². The van der Waals surface area contributed by atoms with Crippen molar-refractivity contribution in [2.45, 2.75) is 67.4 Å². The Labute approximate surface area is 203 Å². The predicted molar refractivity (Wildman–Crippen MR) is 125 cm³/mol. The molecule has 2 amide bonds. The molecule has 4 bridgehead atoms. The highest BCUT2D eigenvalue weighted by Gasteiger charge is 2.55. The zero-order chi connectivity index (χ0) is 24.1. The topological polar surface area (TPSA) is 128 Å². The SMILES string of the molecule is CC(C)(COc1noc(C(=O)N[C@H]2C3CC4CC2C[C@](O)(C4)C3)c1Sc1ccccc1)C(N)=O. The number of amides is 2. The molecule has 0 saturated heterocycles. The molecule has 4 N–H and O–H groups in total. The molecule has 34 heavy (non-hydrogen) atoms. The number of nitrogens with two attached hydrogens (primary N) is 1. The predicted octanol–water partition coefficient (Wildman–Crippen LogP) is 3.39. The Hall–Kier alpha value is -2.52. The van der Waals surface area contributed by atoms with Crippen molar-refractivity contribution in [1.29, 1.82) is 0 Å². The summed E-state index contributed by atoms with van der Waals surface area (Å²) in [5.41, 5.74) is 4.00. The second kappa shape index (κ2) is 8.61. The van der Waals surface area contributed by atoms with E-state index in [2.05, 4.69) is 10.5 Å². The van der Waals surface area contributed by atoms with Crippen LogP contribution in [-0.4, -0.2) is 40.3 Å². The number of rotatable bonds is 8. The summed E-state index contributed by atoms with van der Waals surface area (Å²) in [6.07, 6.45) is 4.46. The quantitative estimate of drug-likeness (QED) is 0.523. The smallest absolute Gasteiger partial charge is 0.291 e. The number of carbonyl (C=O) groups excluding carboxylic acids is 2. The van der Waals surface area contributed by atoms with Gasteiger partial charge in [-0.05, 0) is 81.0 Å². The van der Waals surface area contributed by atoms with E-state index in [0.717, 1.165) is 37.0 Å². The number of nitrogens with zero attached hydrogens (tertiary/aromatic N) is 1. The van der Waals surface area contributed by atoms with Crippen molar-refractivity contribution in [2.75, 3.05) is 6.61 Å². The molecule has 6 rings (SSSR count). The molecule has 4 saturated carbocycles. The molecule has 0 aliphatic heterocycles. The molecule has 1 aromatic heterocycles. The third-order valence-electron chi connectivity index (χ3n) is 7.57. The van der Waals surface area contributed by atoms with Crippen LogP contribution >= 0.6 is 11.8 Å². The maximum atomic E-state index is 13.4. The number of hydrogen-bond donors (Lipinski definition) is 3. The minimum atomic E-state index is -0.906. The van der Waals surface area contributed by atoms with E-state index in [1.807, 2.05) is 30.3 Å². The first kappa shape index (κ1) is 23.2. The zero-order valence-electron chi connectivity index (χ0n) is 19.5. The number of nitrogens with one attached hydrogen (secondary N) is 1. The fourth-order valence-corrected chi connectivity index (χ4v) is 6.89. The molecule has 8 nitrogen and oxygen atoms in total. The van der Waals surface area contributed by atoms with Gasteiger partial charge in [0.15, 0.2) is 0 Å². The lowest BCUT2D eigenvalue weighted by Crippen LogP contribution is -2.61. The Kier molecular flexibility index (Phi) is 5.88. The summed E-state index contributed by atoms with van der Waals surface area (Å²) in [6, 6.07) is 9.60. The first-order chi connectivity index (χ1) is 16.1. The van der Waals surface area contributed by atoms with Crippen molar-refractivity contribution in [2.24, 2.45) is 28.9 Å². The van der Waals surface area contributed by atoms with E-state index in [9.17, 15) is 14.7 Å². The van der Waals surface area contributed by atoms with Crippen molar-refractivity contribution >= 4 is 23.6 Å². The van der Waals surface area contributed by atoms with Crippen LogP contribution in [0.4, 0.5) is 0 Å². The van der Waals surface area contributed by atoms with Crippen LogP contribution in [0.25, 0.3) is 0 Å². The molecule has 182 valence electrons. The molecular formula is C25H31N3O5S. The fraction of sp³-hybridized carbons (Fsp3) is 0.560. The van der Waals surface area contributed by atoms with Gasteiger partial charge in [-0.2, -0.15) is 0 Å². The Morgan fingerprint density at radius 1 is 1.24 bits per heavy atom. The summed E-state index contributed by atoms with van der Waals surface area (Å²) in [5, 5.41) is 18.1. The summed E-state index contributed by atoms with van der Waals surface area (Å²) in [6.45, 7) is 3.38. The van der Waals surface area contributed by atoms with Gasteiger partial charge in [0.1, 0.15) is 11.5 Å². The van der Waals surface area contributed by atoms with Gasteiger partial charge in [-0.1, -0.05) is 30.0 Å². The lowest BCUT2D eigenvalue weighted by Gasteiger charge is -2.58. The summed E-state index contributed by atoms with van der Waals surface area (Å²) in [7, 11) is 0. The molecule has 1 heterocycles. The average Bonchev–Trinajstić information content (AvgIpc) is 3.17. The largest absolute Gasteiger partial charge is 0.474 e. The summed E-state index contributed by atoms with van der Waals surface area (Å²) < 4.78 is 11.3. The number of aromatic nitrogens is 1. The summed E-state index contributed by atoms with van der Waals surface area (Å²) >= 11 is 1.33. The molecule has 2 aromatic rings. The normalized spacial score (nSPS) is 29.7. The number of ether oxygens (including phenoxy) is 1. The number of hydrogen-bond acceptors (Lipinski definition) is 7. The fourth-order valence-electron chi connectivity index (χ4n) is 5.95. The average molecular weight is 486 g/mol. The number of benzene rings is 1. The van der Waals surface area contributed by atoms with Crippen LogP contribution in [0.2, 0.25) is 0 Å². The molecule has 4 aliphatic carbocycles. The van der Waals surface area contributed by atoms with Crippen LogP contribution in [0.15, 0.2) is 44.6 Å². The highest BCUT2D eigenvalue weighted by atomic mass is 32.2. The maximum absolute atomic E-state index is 13.4. The van der Waals surface area contributed by atoms with Crippen molar-refractivity contribution in [3.05, 3.63) is 36.1 Å². The third-order valence-corrected chi connectivity index (χ3v) is 8.64. The van der Waals surface area contributed by atoms with E-state index < -0.39 is 16.9 Å². The molecular weight excluding hydrogens is 454 g/mol. The minimum absolute atomic E-state index is 0.00498. The van der Waals surface area contributed by atoms with Crippen LogP contribution in [-0.2, 0) is 4.79 Å². The maximum Gasteiger partial charge on any atom is 0.291 e. The van der Waals surface area contributed by atoms with Gasteiger partial charge in [0, 0.05) is 10.9 Å². The Bertz CT molecular complexity index is 1070. The van der Waals surface area contributed by atoms with Crippen molar-refractivity contribution < 1.29 is 24.0 Å². The van der Waals surface area contributed by atoms with Gasteiger partial charge in [-0.3, -0.25) is 9.59 Å². The Morgan fingerprint density at radius 3 is 2.53 bits per heavy atom. The summed E-state index contributed by atoms with van der Waals surface area (Å²) in [4.78, 5) is 26.5. The van der Waals surface area contributed by atoms with Crippen LogP contribution in [0.3, 0.4) is 0 Å². The van der Waals surface area contributed by atoms with Gasteiger partial charge in [0.25, 0.3) is 11.8 Å². The molecule has 0 spiro atoms. The van der Waals surface area contributed by atoms with Gasteiger partial charge < -0.3 is 25.4 Å². The van der Waals surface area contributed by atoms with Crippen LogP contribution in [0.5, 0.6) is 5.88 Å². The second-order valence-electron chi connectivity index (χ2n) is 10.8. The highest BCUT2D eigenvalue weighted by molar-refractivity contribution is 7.99. The lowest BCUT2D eigenvalue weighted by atomic mass is 9.52. The van der Waals surface area contributed by atoms with E-state index >= 15 is 0 Å². The van der Waals surface area contributed by atoms with Gasteiger partial charge in [-0.25, -0.2) is 0 Å². The molecule has 1 aromatic carbocycles. The first-order valence-electron chi connectivity index (χ1n) is 11.8. The van der Waals surface area contributed by atoms with E-state index in [-0.39, 0.29) is 42.0 Å². The van der Waals surface area contributed by atoms with Gasteiger partial charge in [0.05, 0.1) is 11.0 Å². The standard InChI is InChI=1S/C25H31N3O5S/c1-24(2,23(26)30)13-32-22-20(34-17-6-4-3-5-7-17)19(33-28-22)21(29)27-18-15-8-14-9-16(18)12-25(31,10-14)11-15/h3-7,14-16,18,31H,8-13H2,1-2H3,(H2,26,30)(H,27,29)/t14?,15?,16?,18-,25-. The minimum Gasteiger partial charge on any atom is -0.474 e. The molecule has 4 aliphatic rings. The van der Waals surface area contributed by atoms with Crippen molar-refractivity contribution in [1.82, 2.24) is 10.5 Å². The Morgan fingerprint density at radius 2 is 1.91 bits per heavy atom. The van der Waals surface area contributed by atoms with E-state index in [0.29, 0.717) is 10.8 Å². The molecule has 2 unspecified atom stereocenters. The third kappa shape index (κ3) is 4.43.